The highest BCUT2D eigenvalue weighted by atomic mass is 16.6. The molecule has 1 aliphatic heterocycles. The number of rotatable bonds is 3. The second-order valence-corrected chi connectivity index (χ2v) is 4.78. The van der Waals surface area contributed by atoms with Gasteiger partial charge in [0.15, 0.2) is 0 Å². The summed E-state index contributed by atoms with van der Waals surface area (Å²) < 4.78 is 7.20. The minimum Gasteiger partial charge on any atom is -0.444 e. The Balaban J connectivity index is 1.69. The summed E-state index contributed by atoms with van der Waals surface area (Å²) >= 11 is 0. The van der Waals surface area contributed by atoms with E-state index in [9.17, 15) is 10.1 Å². The molecule has 0 spiro atoms. The maximum Gasteiger partial charge on any atom is 0.414 e. The van der Waals surface area contributed by atoms with Crippen molar-refractivity contribution in [3.8, 4) is 6.01 Å². The van der Waals surface area contributed by atoms with Crippen LogP contribution in [0.25, 0.3) is 0 Å². The summed E-state index contributed by atoms with van der Waals surface area (Å²) in [6.45, 7) is 3.28. The minimum absolute atomic E-state index is 0.178. The minimum atomic E-state index is -0.507. The molecule has 110 valence electrons. The summed E-state index contributed by atoms with van der Waals surface area (Å²) in [5.74, 6) is -0.178. The zero-order chi connectivity index (χ0) is 14.7. The van der Waals surface area contributed by atoms with Gasteiger partial charge in [0.05, 0.1) is 5.69 Å². The lowest BCUT2D eigenvalue weighted by atomic mass is 10.3. The van der Waals surface area contributed by atoms with Gasteiger partial charge in [0.25, 0.3) is 0 Å². The molecule has 3 heterocycles. The fourth-order valence-electron chi connectivity index (χ4n) is 2.25. The molecule has 0 radical (unpaired) electrons. The molecule has 0 aliphatic carbocycles. The van der Waals surface area contributed by atoms with Crippen LogP contribution in [0.5, 0.6) is 6.01 Å². The Bertz CT molecular complexity index is 628. The number of nitrogens with zero attached hydrogens (tertiary/aromatic N) is 5. The smallest absolute Gasteiger partial charge is 0.414 e. The number of fused-ring (bicyclic) bond motifs is 1. The zero-order valence-corrected chi connectivity index (χ0v) is 11.4. The Morgan fingerprint density at radius 3 is 3.00 bits per heavy atom. The van der Waals surface area contributed by atoms with Crippen LogP contribution in [0.2, 0.25) is 0 Å². The van der Waals surface area contributed by atoms with E-state index in [0.717, 1.165) is 25.3 Å². The van der Waals surface area contributed by atoms with E-state index in [1.807, 2.05) is 18.2 Å². The molecule has 0 atom stereocenters. The van der Waals surface area contributed by atoms with Crippen LogP contribution in [-0.2, 0) is 13.1 Å². The van der Waals surface area contributed by atoms with Gasteiger partial charge in [0.2, 0.25) is 0 Å². The van der Waals surface area contributed by atoms with Gasteiger partial charge in [0, 0.05) is 37.4 Å². The molecule has 8 heteroatoms. The third-order valence-electron chi connectivity index (χ3n) is 3.32. The van der Waals surface area contributed by atoms with Crippen molar-refractivity contribution in [2.75, 3.05) is 19.7 Å². The largest absolute Gasteiger partial charge is 0.444 e. The van der Waals surface area contributed by atoms with Crippen LogP contribution < -0.4 is 4.74 Å². The summed E-state index contributed by atoms with van der Waals surface area (Å²) in [5, 5.41) is 10.8. The maximum absolute atomic E-state index is 10.8. The van der Waals surface area contributed by atoms with Crippen LogP contribution in [0.15, 0.2) is 30.6 Å². The Morgan fingerprint density at radius 1 is 1.33 bits per heavy atom. The molecule has 0 bridgehead atoms. The van der Waals surface area contributed by atoms with E-state index in [4.69, 9.17) is 4.74 Å². The van der Waals surface area contributed by atoms with Crippen LogP contribution in [0.3, 0.4) is 0 Å². The standard InChI is InChI=1S/C13H15N5O3/c19-18(20)12-10-17-6-5-16(7-8-21-13(17)15-12)9-11-3-1-2-4-14-11/h1-4,10H,5-9H2. The fourth-order valence-corrected chi connectivity index (χ4v) is 2.25. The molecule has 1 aliphatic rings. The van der Waals surface area contributed by atoms with Crippen LogP contribution in [0.1, 0.15) is 5.69 Å². The number of pyridine rings is 1. The lowest BCUT2D eigenvalue weighted by Gasteiger charge is -2.23. The lowest BCUT2D eigenvalue weighted by molar-refractivity contribution is -0.389. The summed E-state index contributed by atoms with van der Waals surface area (Å²) in [6, 6.07) is 6.14. The van der Waals surface area contributed by atoms with Crippen molar-refractivity contribution >= 4 is 5.82 Å². The highest BCUT2D eigenvalue weighted by Gasteiger charge is 2.22. The summed E-state index contributed by atoms with van der Waals surface area (Å²) in [5.41, 5.74) is 0.995. The zero-order valence-electron chi connectivity index (χ0n) is 11.4. The predicted octanol–water partition coefficient (Wildman–Crippen LogP) is 1.08. The molecular weight excluding hydrogens is 274 g/mol. The van der Waals surface area contributed by atoms with Gasteiger partial charge in [-0.2, -0.15) is 0 Å². The number of imidazole rings is 1. The van der Waals surface area contributed by atoms with Gasteiger partial charge >= 0.3 is 11.8 Å². The average molecular weight is 289 g/mol. The highest BCUT2D eigenvalue weighted by Crippen LogP contribution is 2.19. The molecule has 0 saturated heterocycles. The molecule has 8 nitrogen and oxygen atoms in total. The molecule has 0 aromatic carbocycles. The van der Waals surface area contributed by atoms with Gasteiger partial charge in [-0.1, -0.05) is 6.07 Å². The van der Waals surface area contributed by atoms with E-state index in [0.29, 0.717) is 19.2 Å². The molecule has 21 heavy (non-hydrogen) atoms. The third kappa shape index (κ3) is 3.16. The third-order valence-corrected chi connectivity index (χ3v) is 3.32. The normalized spacial score (nSPS) is 15.6. The van der Waals surface area contributed by atoms with E-state index in [1.54, 1.807) is 10.8 Å². The van der Waals surface area contributed by atoms with Gasteiger partial charge in [-0.05, 0) is 17.1 Å². The van der Waals surface area contributed by atoms with Crippen molar-refractivity contribution in [3.05, 3.63) is 46.4 Å². The quantitative estimate of drug-likeness (QED) is 0.621. The maximum atomic E-state index is 10.8. The Labute approximate surface area is 121 Å². The fraction of sp³-hybridized carbons (Fsp3) is 0.385. The van der Waals surface area contributed by atoms with Crippen molar-refractivity contribution in [2.45, 2.75) is 13.1 Å². The van der Waals surface area contributed by atoms with Crippen LogP contribution >= 0.6 is 0 Å². The molecule has 2 aromatic heterocycles. The van der Waals surface area contributed by atoms with Crippen LogP contribution in [0.4, 0.5) is 5.82 Å². The van der Waals surface area contributed by atoms with Crippen LogP contribution in [0, 0.1) is 10.1 Å². The van der Waals surface area contributed by atoms with E-state index in [1.165, 1.54) is 6.20 Å². The topological polar surface area (TPSA) is 86.3 Å². The summed E-state index contributed by atoms with van der Waals surface area (Å²) in [6.07, 6.45) is 3.19. The molecule has 0 saturated carbocycles. The molecule has 0 unspecified atom stereocenters. The van der Waals surface area contributed by atoms with Crippen molar-refractivity contribution in [1.82, 2.24) is 19.4 Å². The second-order valence-electron chi connectivity index (χ2n) is 4.78. The molecule has 0 amide bonds. The van der Waals surface area contributed by atoms with Gasteiger partial charge < -0.3 is 14.9 Å². The van der Waals surface area contributed by atoms with E-state index in [2.05, 4.69) is 14.9 Å². The first-order valence-electron chi connectivity index (χ1n) is 6.69. The monoisotopic (exact) mass is 289 g/mol. The number of ether oxygens (including phenoxy) is 1. The SMILES string of the molecule is O=[N+]([O-])c1cn2c(n1)OCCN(Cc1ccccn1)CC2. The Kier molecular flexibility index (Phi) is 3.78. The van der Waals surface area contributed by atoms with Gasteiger partial charge in [-0.15, -0.1) is 0 Å². The predicted molar refractivity (Wildman–Crippen MR) is 73.9 cm³/mol. The summed E-state index contributed by atoms with van der Waals surface area (Å²) in [7, 11) is 0. The van der Waals surface area contributed by atoms with E-state index in [-0.39, 0.29) is 5.82 Å². The van der Waals surface area contributed by atoms with Gasteiger partial charge in [0.1, 0.15) is 12.8 Å². The van der Waals surface area contributed by atoms with E-state index >= 15 is 0 Å². The lowest BCUT2D eigenvalue weighted by Crippen LogP contribution is -2.33. The molecule has 0 fully saturated rings. The Morgan fingerprint density at radius 2 is 2.24 bits per heavy atom. The number of hydrogen-bond acceptors (Lipinski definition) is 6. The first kappa shape index (κ1) is 13.5. The van der Waals surface area contributed by atoms with Crippen molar-refractivity contribution in [1.29, 1.82) is 0 Å². The Hall–Kier alpha value is -2.48. The molecule has 0 N–H and O–H groups in total. The van der Waals surface area contributed by atoms with Crippen molar-refractivity contribution in [2.24, 2.45) is 0 Å². The first-order valence-corrected chi connectivity index (χ1v) is 6.69. The average Bonchev–Trinajstić information content (AvgIpc) is 2.86. The molecular formula is C13H15N5O3. The molecule has 3 rings (SSSR count). The first-order chi connectivity index (χ1) is 10.2. The summed E-state index contributed by atoms with van der Waals surface area (Å²) in [4.78, 5) is 20.6. The number of aromatic nitrogens is 3. The van der Waals surface area contributed by atoms with Crippen molar-refractivity contribution in [3.63, 3.8) is 0 Å². The van der Waals surface area contributed by atoms with Gasteiger partial charge in [-0.3, -0.25) is 14.5 Å². The highest BCUT2D eigenvalue weighted by molar-refractivity contribution is 5.20. The number of hydrogen-bond donors (Lipinski definition) is 0. The van der Waals surface area contributed by atoms with Crippen LogP contribution in [-0.4, -0.2) is 44.1 Å². The van der Waals surface area contributed by atoms with E-state index < -0.39 is 4.92 Å². The number of nitro groups is 1. The van der Waals surface area contributed by atoms with Gasteiger partial charge in [-0.25, -0.2) is 0 Å². The second kappa shape index (κ2) is 5.88. The molecule has 2 aromatic rings. The van der Waals surface area contributed by atoms with Crippen molar-refractivity contribution < 1.29 is 9.66 Å².